The Morgan fingerprint density at radius 2 is 1.86 bits per heavy atom. The molecule has 0 radical (unpaired) electrons. The quantitative estimate of drug-likeness (QED) is 0.658. The van der Waals surface area contributed by atoms with Gasteiger partial charge in [0.15, 0.2) is 5.82 Å². The van der Waals surface area contributed by atoms with Crippen molar-refractivity contribution in [2.45, 2.75) is 103 Å². The van der Waals surface area contributed by atoms with Crippen LogP contribution in [-0.2, 0) is 9.53 Å². The van der Waals surface area contributed by atoms with E-state index in [9.17, 15) is 9.59 Å². The molecule has 1 aromatic rings. The van der Waals surface area contributed by atoms with Gasteiger partial charge in [0, 0.05) is 32.2 Å². The number of aromatic nitrogens is 2. The fraction of sp³-hybridized carbons (Fsp3) is 0.769. The maximum Gasteiger partial charge on any atom is 0.410 e. The van der Waals surface area contributed by atoms with Crippen LogP contribution in [0.2, 0.25) is 0 Å². The topological polar surface area (TPSA) is 90.9 Å². The summed E-state index contributed by atoms with van der Waals surface area (Å²) in [6, 6.07) is 0.348. The zero-order valence-corrected chi connectivity index (χ0v) is 22.2. The number of carbonyl (C=O) groups is 2. The number of rotatable bonds is 5. The summed E-state index contributed by atoms with van der Waals surface area (Å²) >= 11 is 0. The first-order valence-corrected chi connectivity index (χ1v) is 13.3. The van der Waals surface area contributed by atoms with Crippen LogP contribution in [0.5, 0.6) is 0 Å². The van der Waals surface area contributed by atoms with E-state index in [1.165, 1.54) is 12.8 Å². The molecule has 0 bridgehead atoms. The monoisotopic (exact) mass is 486 g/mol. The highest BCUT2D eigenvalue weighted by atomic mass is 16.6. The fourth-order valence-electron chi connectivity index (χ4n) is 5.68. The van der Waals surface area contributed by atoms with Crippen LogP contribution in [0, 0.1) is 5.92 Å². The molecular formula is C26H42N6O3. The Bertz CT molecular complexity index is 918. The van der Waals surface area contributed by atoms with Gasteiger partial charge in [-0.05, 0) is 65.7 Å². The zero-order valence-electron chi connectivity index (χ0n) is 22.2. The highest BCUT2D eigenvalue weighted by molar-refractivity contribution is 6.04. The normalized spacial score (nSPS) is 22.9. The first kappa shape index (κ1) is 25.5. The van der Waals surface area contributed by atoms with E-state index in [0.717, 1.165) is 43.6 Å². The van der Waals surface area contributed by atoms with Gasteiger partial charge >= 0.3 is 6.09 Å². The molecule has 2 atom stereocenters. The number of likely N-dealkylation sites (tertiary alicyclic amines) is 1. The molecule has 4 rings (SSSR count). The number of nitrogens with one attached hydrogen (secondary N) is 1. The number of ether oxygens (including phenoxy) is 1. The summed E-state index contributed by atoms with van der Waals surface area (Å²) in [7, 11) is 1.83. The Morgan fingerprint density at radius 1 is 1.20 bits per heavy atom. The third-order valence-corrected chi connectivity index (χ3v) is 7.67. The second-order valence-electron chi connectivity index (χ2n) is 11.3. The van der Waals surface area contributed by atoms with Gasteiger partial charge in [-0.2, -0.15) is 4.98 Å². The molecule has 0 spiro atoms. The molecule has 0 unspecified atom stereocenters. The fourth-order valence-corrected chi connectivity index (χ4v) is 5.68. The molecule has 9 nitrogen and oxygen atoms in total. The summed E-state index contributed by atoms with van der Waals surface area (Å²) in [5.74, 6) is 2.01. The van der Waals surface area contributed by atoms with Crippen molar-refractivity contribution in [2.75, 3.05) is 35.3 Å². The van der Waals surface area contributed by atoms with E-state index < -0.39 is 5.60 Å². The Kier molecular flexibility index (Phi) is 7.43. The number of piperidine rings is 1. The largest absolute Gasteiger partial charge is 0.444 e. The Hall–Kier alpha value is -2.58. The third kappa shape index (κ3) is 5.48. The standard InChI is InChI=1S/C26H42N6O3/c1-7-20-23(33)30(6)21-16-27-24(29-22(21)32(20)19-10-8-9-11-19)28-17(2)18-12-14-31(15-13-18)25(34)35-26(3,4)5/h16-20H,7-15H2,1-6H3,(H,27,28,29)/t17-,20-/m1/s1. The van der Waals surface area contributed by atoms with E-state index in [1.807, 2.05) is 27.8 Å². The second-order valence-corrected chi connectivity index (χ2v) is 11.3. The number of hydrogen-bond donors (Lipinski definition) is 1. The minimum absolute atomic E-state index is 0.126. The highest BCUT2D eigenvalue weighted by Gasteiger charge is 2.41. The second kappa shape index (κ2) is 10.2. The van der Waals surface area contributed by atoms with Gasteiger partial charge in [0.2, 0.25) is 11.9 Å². The molecule has 2 amide bonds. The van der Waals surface area contributed by atoms with Gasteiger partial charge in [-0.1, -0.05) is 19.8 Å². The first-order chi connectivity index (χ1) is 16.6. The summed E-state index contributed by atoms with van der Waals surface area (Å²) < 4.78 is 5.53. The Labute approximate surface area is 209 Å². The summed E-state index contributed by atoms with van der Waals surface area (Å²) in [6.45, 7) is 11.3. The van der Waals surface area contributed by atoms with E-state index in [-0.39, 0.29) is 24.1 Å². The van der Waals surface area contributed by atoms with Crippen molar-refractivity contribution in [3.8, 4) is 0 Å². The summed E-state index contributed by atoms with van der Waals surface area (Å²) in [5, 5.41) is 3.53. The highest BCUT2D eigenvalue weighted by Crippen LogP contribution is 2.40. The number of amides is 2. The lowest BCUT2D eigenvalue weighted by atomic mass is 9.90. The minimum Gasteiger partial charge on any atom is -0.444 e. The predicted molar refractivity (Wildman–Crippen MR) is 138 cm³/mol. The lowest BCUT2D eigenvalue weighted by Gasteiger charge is -2.43. The van der Waals surface area contributed by atoms with E-state index in [4.69, 9.17) is 9.72 Å². The van der Waals surface area contributed by atoms with E-state index in [1.54, 1.807) is 16.0 Å². The van der Waals surface area contributed by atoms with Crippen molar-refractivity contribution < 1.29 is 14.3 Å². The molecule has 1 aliphatic carbocycles. The van der Waals surface area contributed by atoms with Crippen molar-refractivity contribution >= 4 is 29.5 Å². The third-order valence-electron chi connectivity index (χ3n) is 7.67. The number of hydrogen-bond acceptors (Lipinski definition) is 7. The van der Waals surface area contributed by atoms with Gasteiger partial charge in [0.1, 0.15) is 17.3 Å². The molecule has 3 aliphatic rings. The summed E-state index contributed by atoms with van der Waals surface area (Å²) in [4.78, 5) is 40.8. The van der Waals surface area contributed by atoms with Crippen molar-refractivity contribution in [1.29, 1.82) is 0 Å². The van der Waals surface area contributed by atoms with E-state index >= 15 is 0 Å². The SMILES string of the molecule is CC[C@@H]1C(=O)N(C)c2cnc(N[C@H](C)C3CCN(C(=O)OC(C)(C)C)CC3)nc2N1C1CCCC1. The number of nitrogens with zero attached hydrogens (tertiary/aromatic N) is 5. The molecular weight excluding hydrogens is 444 g/mol. The van der Waals surface area contributed by atoms with Crippen LogP contribution in [0.1, 0.15) is 79.6 Å². The first-order valence-electron chi connectivity index (χ1n) is 13.3. The molecule has 2 aliphatic heterocycles. The van der Waals surface area contributed by atoms with Crippen molar-refractivity contribution in [3.63, 3.8) is 0 Å². The van der Waals surface area contributed by atoms with Gasteiger partial charge in [0.25, 0.3) is 0 Å². The molecule has 35 heavy (non-hydrogen) atoms. The number of likely N-dealkylation sites (N-methyl/N-ethyl adjacent to an activating group) is 1. The minimum atomic E-state index is -0.478. The molecule has 2 fully saturated rings. The molecule has 1 saturated carbocycles. The van der Waals surface area contributed by atoms with Crippen molar-refractivity contribution in [3.05, 3.63) is 6.20 Å². The number of carbonyl (C=O) groups excluding carboxylic acids is 2. The van der Waals surface area contributed by atoms with Crippen LogP contribution in [0.25, 0.3) is 0 Å². The molecule has 9 heteroatoms. The molecule has 1 saturated heterocycles. The van der Waals surface area contributed by atoms with E-state index in [0.29, 0.717) is 31.0 Å². The maximum atomic E-state index is 13.1. The van der Waals surface area contributed by atoms with Gasteiger partial charge in [-0.3, -0.25) is 4.79 Å². The van der Waals surface area contributed by atoms with Crippen LogP contribution >= 0.6 is 0 Å². The Morgan fingerprint density at radius 3 is 2.46 bits per heavy atom. The van der Waals surface area contributed by atoms with Gasteiger partial charge in [0.05, 0.1) is 6.20 Å². The van der Waals surface area contributed by atoms with Crippen LogP contribution in [0.15, 0.2) is 6.20 Å². The van der Waals surface area contributed by atoms with Gasteiger partial charge in [-0.15, -0.1) is 0 Å². The van der Waals surface area contributed by atoms with Gasteiger partial charge < -0.3 is 24.8 Å². The van der Waals surface area contributed by atoms with Crippen LogP contribution in [0.3, 0.4) is 0 Å². The molecule has 0 aromatic carbocycles. The number of fused-ring (bicyclic) bond motifs is 1. The lowest BCUT2D eigenvalue weighted by Crippen LogP contribution is -2.55. The Balaban J connectivity index is 1.45. The zero-order chi connectivity index (χ0) is 25.3. The van der Waals surface area contributed by atoms with E-state index in [2.05, 4.69) is 29.0 Å². The van der Waals surface area contributed by atoms with Crippen LogP contribution in [0.4, 0.5) is 22.2 Å². The van der Waals surface area contributed by atoms with Crippen molar-refractivity contribution in [1.82, 2.24) is 14.9 Å². The molecule has 1 aromatic heterocycles. The average Bonchev–Trinajstić information content (AvgIpc) is 3.34. The number of anilines is 3. The molecule has 1 N–H and O–H groups in total. The predicted octanol–water partition coefficient (Wildman–Crippen LogP) is 4.43. The van der Waals surface area contributed by atoms with Crippen LogP contribution < -0.4 is 15.1 Å². The van der Waals surface area contributed by atoms with Crippen molar-refractivity contribution in [2.24, 2.45) is 5.92 Å². The van der Waals surface area contributed by atoms with Crippen LogP contribution in [-0.4, -0.2) is 70.7 Å². The maximum absolute atomic E-state index is 13.1. The lowest BCUT2D eigenvalue weighted by molar-refractivity contribution is -0.120. The average molecular weight is 487 g/mol. The summed E-state index contributed by atoms with van der Waals surface area (Å²) in [6.07, 6.45) is 8.73. The molecule has 194 valence electrons. The molecule has 3 heterocycles. The summed E-state index contributed by atoms with van der Waals surface area (Å²) in [5.41, 5.74) is 0.310. The smallest absolute Gasteiger partial charge is 0.410 e. The van der Waals surface area contributed by atoms with Gasteiger partial charge in [-0.25, -0.2) is 9.78 Å².